The van der Waals surface area contributed by atoms with Crippen LogP contribution >= 0.6 is 11.8 Å². The van der Waals surface area contributed by atoms with Crippen molar-refractivity contribution >= 4 is 35.5 Å². The number of nitrogens with zero attached hydrogens (tertiary/aromatic N) is 1. The Kier molecular flexibility index (Phi) is 10.6. The fraction of sp³-hybridized carbons (Fsp3) is 0.545. The third kappa shape index (κ3) is 7.61. The van der Waals surface area contributed by atoms with E-state index >= 15 is 0 Å². The molecular formula is C22H32N4O7S. The lowest BCUT2D eigenvalue weighted by molar-refractivity contribution is -0.143. The smallest absolute Gasteiger partial charge is 0.326 e. The fourth-order valence-electron chi connectivity index (χ4n) is 3.70. The molecule has 0 aliphatic carbocycles. The zero-order chi connectivity index (χ0) is 25.3. The Hall–Kier alpha value is -2.83. The average Bonchev–Trinajstić information content (AvgIpc) is 3.31. The molecule has 2 rings (SSSR count). The largest absolute Gasteiger partial charge is 0.508 e. The summed E-state index contributed by atoms with van der Waals surface area (Å²) < 4.78 is 0. The van der Waals surface area contributed by atoms with Crippen molar-refractivity contribution in [1.29, 1.82) is 0 Å². The summed E-state index contributed by atoms with van der Waals surface area (Å²) in [6, 6.07) is 1.84. The molecule has 1 fully saturated rings. The normalized spacial score (nSPS) is 18.1. The van der Waals surface area contributed by atoms with E-state index in [2.05, 4.69) is 10.6 Å². The maximum atomic E-state index is 13.1. The first kappa shape index (κ1) is 27.4. The summed E-state index contributed by atoms with van der Waals surface area (Å²) in [6.45, 7) is -0.253. The van der Waals surface area contributed by atoms with Crippen LogP contribution in [0.5, 0.6) is 5.75 Å². The van der Waals surface area contributed by atoms with Gasteiger partial charge in [0.25, 0.3) is 0 Å². The van der Waals surface area contributed by atoms with E-state index in [1.54, 1.807) is 12.1 Å². The summed E-state index contributed by atoms with van der Waals surface area (Å²) in [5.74, 6) is -2.40. The van der Waals surface area contributed by atoms with Crippen LogP contribution in [0.15, 0.2) is 24.3 Å². The molecule has 1 aliphatic rings. The van der Waals surface area contributed by atoms with Gasteiger partial charge in [0.2, 0.25) is 17.7 Å². The van der Waals surface area contributed by atoms with Crippen LogP contribution in [0.4, 0.5) is 0 Å². The highest BCUT2D eigenvalue weighted by Crippen LogP contribution is 2.19. The number of aliphatic carboxylic acids is 1. The Balaban J connectivity index is 2.20. The first-order valence-electron chi connectivity index (χ1n) is 10.9. The van der Waals surface area contributed by atoms with E-state index in [0.29, 0.717) is 30.7 Å². The van der Waals surface area contributed by atoms with Gasteiger partial charge in [-0.15, -0.1) is 0 Å². The zero-order valence-electron chi connectivity index (χ0n) is 19.0. The number of rotatable bonds is 12. The molecule has 1 aliphatic heterocycles. The van der Waals surface area contributed by atoms with Crippen molar-refractivity contribution in [3.8, 4) is 5.75 Å². The van der Waals surface area contributed by atoms with Gasteiger partial charge in [-0.1, -0.05) is 12.1 Å². The molecule has 4 unspecified atom stereocenters. The Labute approximate surface area is 202 Å². The molecule has 1 aromatic rings. The number of carbonyl (C=O) groups excluding carboxylic acids is 3. The van der Waals surface area contributed by atoms with Gasteiger partial charge in [-0.05, 0) is 49.0 Å². The van der Waals surface area contributed by atoms with Gasteiger partial charge in [-0.2, -0.15) is 11.8 Å². The van der Waals surface area contributed by atoms with Gasteiger partial charge in [0.05, 0.1) is 6.61 Å². The lowest BCUT2D eigenvalue weighted by Gasteiger charge is -2.28. The van der Waals surface area contributed by atoms with E-state index in [1.165, 1.54) is 28.8 Å². The Bertz CT molecular complexity index is 867. The molecule has 0 bridgehead atoms. The van der Waals surface area contributed by atoms with Crippen molar-refractivity contribution in [2.24, 2.45) is 5.73 Å². The lowest BCUT2D eigenvalue weighted by atomic mass is 10.0. The maximum Gasteiger partial charge on any atom is 0.326 e. The van der Waals surface area contributed by atoms with Crippen LogP contribution in [-0.4, -0.2) is 93.2 Å². The molecule has 1 aromatic carbocycles. The predicted molar refractivity (Wildman–Crippen MR) is 126 cm³/mol. The van der Waals surface area contributed by atoms with Crippen molar-refractivity contribution in [3.05, 3.63) is 29.8 Å². The number of phenols is 1. The molecular weight excluding hydrogens is 464 g/mol. The van der Waals surface area contributed by atoms with E-state index in [4.69, 9.17) is 5.73 Å². The molecule has 188 valence electrons. The number of benzene rings is 1. The molecule has 0 spiro atoms. The number of thioether (sulfide) groups is 1. The molecule has 0 aromatic heterocycles. The SMILES string of the molecule is CSCCC(NC(=O)C(Cc1ccc(O)cc1)NC(=O)C1CCCN1C(=O)C(N)CO)C(=O)O. The van der Waals surface area contributed by atoms with Gasteiger partial charge in [-0.3, -0.25) is 14.4 Å². The first-order chi connectivity index (χ1) is 16.2. The number of aliphatic hydroxyl groups is 1. The van der Waals surface area contributed by atoms with Crippen molar-refractivity contribution in [2.45, 2.75) is 49.9 Å². The maximum absolute atomic E-state index is 13.1. The number of amides is 3. The Morgan fingerprint density at radius 2 is 1.85 bits per heavy atom. The quantitative estimate of drug-likeness (QED) is 0.212. The predicted octanol–water partition coefficient (Wildman–Crippen LogP) is -0.947. The Morgan fingerprint density at radius 1 is 1.18 bits per heavy atom. The van der Waals surface area contributed by atoms with Crippen LogP contribution in [0.2, 0.25) is 0 Å². The molecule has 4 atom stereocenters. The third-order valence-electron chi connectivity index (χ3n) is 5.59. The van der Waals surface area contributed by atoms with Crippen LogP contribution in [0, 0.1) is 0 Å². The number of carboxylic acids is 1. The second-order valence-corrected chi connectivity index (χ2v) is 9.08. The van der Waals surface area contributed by atoms with Crippen molar-refractivity contribution in [2.75, 3.05) is 25.2 Å². The second kappa shape index (κ2) is 13.2. The number of nitrogens with two attached hydrogens (primary N) is 1. The summed E-state index contributed by atoms with van der Waals surface area (Å²) in [6.07, 6.45) is 3.02. The van der Waals surface area contributed by atoms with E-state index in [1.807, 2.05) is 6.26 Å². The number of aliphatic hydroxyl groups excluding tert-OH is 1. The summed E-state index contributed by atoms with van der Waals surface area (Å²) in [4.78, 5) is 51.4. The van der Waals surface area contributed by atoms with Gasteiger partial charge >= 0.3 is 5.97 Å². The number of hydrogen-bond donors (Lipinski definition) is 6. The number of hydrogen-bond acceptors (Lipinski definition) is 8. The van der Waals surface area contributed by atoms with Crippen molar-refractivity contribution in [1.82, 2.24) is 15.5 Å². The van der Waals surface area contributed by atoms with Gasteiger partial charge < -0.3 is 36.6 Å². The third-order valence-corrected chi connectivity index (χ3v) is 6.23. The number of nitrogens with one attached hydrogen (secondary N) is 2. The summed E-state index contributed by atoms with van der Waals surface area (Å²) >= 11 is 1.45. The standard InChI is InChI=1S/C22H32N4O7S/c1-34-10-8-16(22(32)33)24-19(29)17(11-13-4-6-14(28)7-5-13)25-20(30)18-3-2-9-26(18)21(31)15(23)12-27/h4-7,15-18,27-28H,2-3,8-12,23H2,1H3,(H,24,29)(H,25,30)(H,32,33). The van der Waals surface area contributed by atoms with Crippen LogP contribution in [0.3, 0.4) is 0 Å². The minimum Gasteiger partial charge on any atom is -0.508 e. The number of carboxylic acid groups (broad SMARTS) is 1. The minimum atomic E-state index is -1.18. The fourth-order valence-corrected chi connectivity index (χ4v) is 4.18. The van der Waals surface area contributed by atoms with E-state index in [0.717, 1.165) is 0 Å². The molecule has 34 heavy (non-hydrogen) atoms. The van der Waals surface area contributed by atoms with Gasteiger partial charge in [0.1, 0.15) is 29.9 Å². The summed E-state index contributed by atoms with van der Waals surface area (Å²) in [5.41, 5.74) is 6.27. The van der Waals surface area contributed by atoms with Crippen molar-refractivity contribution in [3.63, 3.8) is 0 Å². The Morgan fingerprint density at radius 3 is 2.44 bits per heavy atom. The van der Waals surface area contributed by atoms with Crippen LogP contribution in [0.1, 0.15) is 24.8 Å². The highest BCUT2D eigenvalue weighted by molar-refractivity contribution is 7.98. The molecule has 11 nitrogen and oxygen atoms in total. The zero-order valence-corrected chi connectivity index (χ0v) is 19.8. The van der Waals surface area contributed by atoms with Crippen molar-refractivity contribution < 1.29 is 34.5 Å². The first-order valence-corrected chi connectivity index (χ1v) is 12.3. The molecule has 3 amide bonds. The molecule has 1 heterocycles. The summed E-state index contributed by atoms with van der Waals surface area (Å²) in [5, 5.41) is 33.3. The molecule has 12 heteroatoms. The number of carbonyl (C=O) groups is 4. The summed E-state index contributed by atoms with van der Waals surface area (Å²) in [7, 11) is 0. The van der Waals surface area contributed by atoms with Gasteiger partial charge in [-0.25, -0.2) is 4.79 Å². The monoisotopic (exact) mass is 496 g/mol. The van der Waals surface area contributed by atoms with Gasteiger partial charge in [0.15, 0.2) is 0 Å². The van der Waals surface area contributed by atoms with E-state index in [-0.39, 0.29) is 18.6 Å². The second-order valence-electron chi connectivity index (χ2n) is 8.09. The lowest BCUT2D eigenvalue weighted by Crippen LogP contribution is -2.57. The van der Waals surface area contributed by atoms with E-state index in [9.17, 15) is 34.5 Å². The van der Waals surface area contributed by atoms with Gasteiger partial charge in [0, 0.05) is 13.0 Å². The molecule has 1 saturated heterocycles. The van der Waals surface area contributed by atoms with E-state index < -0.39 is 54.5 Å². The minimum absolute atomic E-state index is 0.0390. The number of likely N-dealkylation sites (tertiary alicyclic amines) is 1. The number of phenolic OH excluding ortho intramolecular Hbond substituents is 1. The van der Waals surface area contributed by atoms with Crippen LogP contribution in [-0.2, 0) is 25.6 Å². The topological polar surface area (TPSA) is 182 Å². The highest BCUT2D eigenvalue weighted by Gasteiger charge is 2.37. The molecule has 0 saturated carbocycles. The van der Waals surface area contributed by atoms with Crippen LogP contribution < -0.4 is 16.4 Å². The van der Waals surface area contributed by atoms with Crippen LogP contribution in [0.25, 0.3) is 0 Å². The number of aromatic hydroxyl groups is 1. The average molecular weight is 497 g/mol. The highest BCUT2D eigenvalue weighted by atomic mass is 32.2. The molecule has 7 N–H and O–H groups in total. The molecule has 0 radical (unpaired) electrons.